The van der Waals surface area contributed by atoms with E-state index in [1.165, 1.54) is 17.3 Å². The fourth-order valence-electron chi connectivity index (χ4n) is 5.00. The average molecular weight is 466 g/mol. The van der Waals surface area contributed by atoms with Crippen LogP contribution in [-0.4, -0.2) is 27.2 Å². The van der Waals surface area contributed by atoms with Gasteiger partial charge in [-0.3, -0.25) is 4.79 Å². The largest absolute Gasteiger partial charge is 0.306 e. The molecule has 3 aromatic rings. The third kappa shape index (κ3) is 4.28. The number of rotatable bonds is 4. The number of aryl methyl sites for hydroxylation is 2. The minimum Gasteiger partial charge on any atom is -0.306 e. The van der Waals surface area contributed by atoms with E-state index in [-0.39, 0.29) is 22.6 Å². The highest BCUT2D eigenvalue weighted by molar-refractivity contribution is 7.99. The van der Waals surface area contributed by atoms with Crippen molar-refractivity contribution < 1.29 is 4.79 Å². The lowest BCUT2D eigenvalue weighted by atomic mass is 9.65. The Bertz CT molecular complexity index is 1140. The first-order valence-electron chi connectivity index (χ1n) is 10.7. The van der Waals surface area contributed by atoms with Crippen molar-refractivity contribution in [3.63, 3.8) is 0 Å². The van der Waals surface area contributed by atoms with Crippen molar-refractivity contribution in [3.8, 4) is 0 Å². The van der Waals surface area contributed by atoms with Crippen LogP contribution in [0.4, 0.5) is 5.69 Å². The summed E-state index contributed by atoms with van der Waals surface area (Å²) in [4.78, 5) is 24.5. The maximum absolute atomic E-state index is 13.5. The molecule has 1 aliphatic rings. The zero-order valence-electron chi connectivity index (χ0n) is 19.1. The van der Waals surface area contributed by atoms with Gasteiger partial charge < -0.3 is 4.90 Å². The highest BCUT2D eigenvalue weighted by Gasteiger charge is 2.47. The molecule has 0 saturated heterocycles. The molecule has 0 fully saturated rings. The van der Waals surface area contributed by atoms with E-state index >= 15 is 0 Å². The molecule has 2 heterocycles. The molecule has 0 radical (unpaired) electrons. The fraction of sp³-hybridized carbons (Fsp3) is 0.346. The molecule has 1 aromatic heterocycles. The summed E-state index contributed by atoms with van der Waals surface area (Å²) in [6.07, 6.45) is 0.801. The van der Waals surface area contributed by atoms with Crippen LogP contribution < -0.4 is 4.90 Å². The Balaban J connectivity index is 1.69. The van der Waals surface area contributed by atoms with Gasteiger partial charge in [-0.2, -0.15) is 0 Å². The van der Waals surface area contributed by atoms with Crippen LogP contribution in [0.5, 0.6) is 0 Å². The maximum Gasteiger partial charge on any atom is 0.237 e. The van der Waals surface area contributed by atoms with E-state index in [0.29, 0.717) is 5.16 Å². The number of fused-ring (bicyclic) bond motifs is 1. The van der Waals surface area contributed by atoms with E-state index in [1.54, 1.807) is 0 Å². The SMILES string of the molecule is Cc1cc(C)nc(SCC(=O)N2c3ccccc3C(C)(c3ccc(Cl)cc3)CC2(C)C)n1. The van der Waals surface area contributed by atoms with Gasteiger partial charge in [-0.25, -0.2) is 9.97 Å². The molecule has 6 heteroatoms. The zero-order valence-corrected chi connectivity index (χ0v) is 20.7. The quantitative estimate of drug-likeness (QED) is 0.332. The molecule has 1 aliphatic heterocycles. The number of nitrogens with zero attached hydrogens (tertiary/aromatic N) is 3. The molecule has 1 amide bonds. The number of aromatic nitrogens is 2. The number of hydrogen-bond acceptors (Lipinski definition) is 4. The van der Waals surface area contributed by atoms with Crippen LogP contribution >= 0.6 is 23.4 Å². The van der Waals surface area contributed by atoms with Crippen molar-refractivity contribution in [1.82, 2.24) is 9.97 Å². The molecule has 4 nitrogen and oxygen atoms in total. The molecule has 4 rings (SSSR count). The second-order valence-electron chi connectivity index (χ2n) is 9.30. The van der Waals surface area contributed by atoms with Crippen molar-refractivity contribution >= 4 is 35.0 Å². The standard InChI is InChI=1S/C26H28ClN3OS/c1-17-14-18(2)29-24(28-17)32-15-23(31)30-22-9-7-6-8-21(22)26(5,16-25(30,3)4)19-10-12-20(27)13-11-19/h6-14H,15-16H2,1-5H3. The number of anilines is 1. The van der Waals surface area contributed by atoms with E-state index in [4.69, 9.17) is 11.6 Å². The Kier molecular flexibility index (Phi) is 6.08. The molecule has 32 heavy (non-hydrogen) atoms. The van der Waals surface area contributed by atoms with E-state index in [0.717, 1.165) is 34.1 Å². The van der Waals surface area contributed by atoms with E-state index in [9.17, 15) is 4.79 Å². The predicted octanol–water partition coefficient (Wildman–Crippen LogP) is 6.36. The summed E-state index contributed by atoms with van der Waals surface area (Å²) in [5, 5.41) is 1.37. The summed E-state index contributed by atoms with van der Waals surface area (Å²) >= 11 is 7.55. The number of amides is 1. The first-order valence-corrected chi connectivity index (χ1v) is 12.1. The Morgan fingerprint density at radius 3 is 2.31 bits per heavy atom. The van der Waals surface area contributed by atoms with Gasteiger partial charge in [0, 0.05) is 33.1 Å². The van der Waals surface area contributed by atoms with Gasteiger partial charge in [-0.05, 0) is 69.5 Å². The molecule has 1 atom stereocenters. The van der Waals surface area contributed by atoms with Gasteiger partial charge in [0.15, 0.2) is 5.16 Å². The normalized spacial score (nSPS) is 19.5. The topological polar surface area (TPSA) is 46.1 Å². The summed E-state index contributed by atoms with van der Waals surface area (Å²) < 4.78 is 0. The summed E-state index contributed by atoms with van der Waals surface area (Å²) in [6, 6.07) is 18.3. The summed E-state index contributed by atoms with van der Waals surface area (Å²) in [7, 11) is 0. The molecule has 2 aromatic carbocycles. The number of thioether (sulfide) groups is 1. The molecule has 0 aliphatic carbocycles. The number of carbonyl (C=O) groups is 1. The number of hydrogen-bond donors (Lipinski definition) is 0. The third-order valence-electron chi connectivity index (χ3n) is 6.15. The fourth-order valence-corrected chi connectivity index (χ4v) is 5.92. The number of benzene rings is 2. The summed E-state index contributed by atoms with van der Waals surface area (Å²) in [6.45, 7) is 10.4. The molecular weight excluding hydrogens is 438 g/mol. The Morgan fingerprint density at radius 2 is 1.66 bits per heavy atom. The minimum absolute atomic E-state index is 0.0633. The van der Waals surface area contributed by atoms with E-state index < -0.39 is 0 Å². The van der Waals surface area contributed by atoms with Gasteiger partial charge >= 0.3 is 0 Å². The molecule has 0 bridgehead atoms. The van der Waals surface area contributed by atoms with Crippen molar-refractivity contribution in [2.24, 2.45) is 0 Å². The first kappa shape index (κ1) is 22.8. The van der Waals surface area contributed by atoms with E-state index in [1.807, 2.05) is 49.1 Å². The van der Waals surface area contributed by atoms with Gasteiger partial charge in [0.2, 0.25) is 5.91 Å². The lowest BCUT2D eigenvalue weighted by Crippen LogP contribution is -2.56. The van der Waals surface area contributed by atoms with Crippen LogP contribution in [0.15, 0.2) is 59.8 Å². The van der Waals surface area contributed by atoms with Crippen LogP contribution in [0.25, 0.3) is 0 Å². The van der Waals surface area contributed by atoms with Crippen LogP contribution in [0.3, 0.4) is 0 Å². The smallest absolute Gasteiger partial charge is 0.237 e. The second-order valence-corrected chi connectivity index (χ2v) is 10.7. The zero-order chi connectivity index (χ0) is 23.1. The van der Waals surface area contributed by atoms with Crippen molar-refractivity contribution in [2.75, 3.05) is 10.7 Å². The summed E-state index contributed by atoms with van der Waals surface area (Å²) in [5.41, 5.74) is 4.54. The van der Waals surface area contributed by atoms with Crippen LogP contribution in [0, 0.1) is 13.8 Å². The third-order valence-corrected chi connectivity index (χ3v) is 7.23. The monoisotopic (exact) mass is 465 g/mol. The van der Waals surface area contributed by atoms with E-state index in [2.05, 4.69) is 55.0 Å². The molecule has 0 spiro atoms. The number of carbonyl (C=O) groups excluding carboxylic acids is 1. The maximum atomic E-state index is 13.5. The minimum atomic E-state index is -0.371. The van der Waals surface area contributed by atoms with Crippen LogP contribution in [0.1, 0.15) is 49.7 Å². The van der Waals surface area contributed by atoms with Crippen molar-refractivity contribution in [1.29, 1.82) is 0 Å². The molecule has 166 valence electrons. The highest BCUT2D eigenvalue weighted by atomic mass is 35.5. The molecule has 0 saturated carbocycles. The summed E-state index contributed by atoms with van der Waals surface area (Å²) in [5.74, 6) is 0.353. The average Bonchev–Trinajstić information content (AvgIpc) is 2.71. The van der Waals surface area contributed by atoms with Gasteiger partial charge in [0.05, 0.1) is 5.75 Å². The highest BCUT2D eigenvalue weighted by Crippen LogP contribution is 2.50. The Morgan fingerprint density at radius 1 is 1.03 bits per heavy atom. The van der Waals surface area contributed by atoms with Gasteiger partial charge in [-0.1, -0.05) is 60.6 Å². The molecule has 1 unspecified atom stereocenters. The van der Waals surface area contributed by atoms with Gasteiger partial charge in [0.25, 0.3) is 0 Å². The predicted molar refractivity (Wildman–Crippen MR) is 133 cm³/mol. The number of para-hydroxylation sites is 1. The molecular formula is C26H28ClN3OS. The van der Waals surface area contributed by atoms with Crippen molar-refractivity contribution in [3.05, 3.63) is 82.1 Å². The van der Waals surface area contributed by atoms with Crippen LogP contribution in [-0.2, 0) is 10.2 Å². The van der Waals surface area contributed by atoms with Gasteiger partial charge in [-0.15, -0.1) is 0 Å². The van der Waals surface area contributed by atoms with Crippen LogP contribution in [0.2, 0.25) is 5.02 Å². The van der Waals surface area contributed by atoms with Crippen molar-refractivity contribution in [2.45, 2.75) is 57.1 Å². The Hall–Kier alpha value is -2.37. The second kappa shape index (κ2) is 8.53. The first-order chi connectivity index (χ1) is 15.1. The lowest BCUT2D eigenvalue weighted by molar-refractivity contribution is -0.117. The molecule has 0 N–H and O–H groups in total. The van der Waals surface area contributed by atoms with Gasteiger partial charge in [0.1, 0.15) is 0 Å². The number of halogens is 1. The lowest BCUT2D eigenvalue weighted by Gasteiger charge is -2.51. The Labute approximate surface area is 199 Å².